The van der Waals surface area contributed by atoms with E-state index >= 15 is 0 Å². The van der Waals surface area contributed by atoms with Gasteiger partial charge in [-0.1, -0.05) is 129 Å². The van der Waals surface area contributed by atoms with Crippen LogP contribution in [0.3, 0.4) is 0 Å². The third-order valence-electron chi connectivity index (χ3n) is 8.46. The van der Waals surface area contributed by atoms with Crippen molar-refractivity contribution in [3.05, 3.63) is 184 Å². The molecule has 0 aliphatic rings. The lowest BCUT2D eigenvalue weighted by molar-refractivity contribution is 0.112. The van der Waals surface area contributed by atoms with Crippen LogP contribution in [0.15, 0.2) is 116 Å². The molecule has 0 saturated heterocycles. The van der Waals surface area contributed by atoms with Crippen LogP contribution in [-0.4, -0.2) is 36.4 Å². The number of nitrogen functional groups attached to an aromatic ring is 1. The van der Waals surface area contributed by atoms with Crippen molar-refractivity contribution in [3.8, 4) is 11.5 Å². The average molecular weight is 976 g/mol. The van der Waals surface area contributed by atoms with E-state index in [0.717, 1.165) is 16.3 Å². The Hall–Kier alpha value is -4.81. The number of aryl methyl sites for hydroxylation is 2. The van der Waals surface area contributed by atoms with Crippen LogP contribution in [0.1, 0.15) is 38.9 Å². The van der Waals surface area contributed by atoms with Crippen LogP contribution >= 0.6 is 92.8 Å². The van der Waals surface area contributed by atoms with Crippen LogP contribution in [-0.2, 0) is 0 Å². The second kappa shape index (κ2) is 21.8. The van der Waals surface area contributed by atoms with Gasteiger partial charge in [-0.2, -0.15) is 0 Å². The molecule has 61 heavy (non-hydrogen) atoms. The first-order valence-corrected chi connectivity index (χ1v) is 20.7. The molecule has 0 fully saturated rings. The molecule has 312 valence electrons. The number of hydrogen-bond donors (Lipinski definition) is 4. The van der Waals surface area contributed by atoms with Crippen molar-refractivity contribution in [1.29, 1.82) is 0 Å². The maximum absolute atomic E-state index is 11.0. The molecule has 4 aromatic heterocycles. The average Bonchev–Trinajstić information content (AvgIpc) is 3.22. The number of aromatic nitrogens is 4. The highest BCUT2D eigenvalue weighted by Crippen LogP contribution is 2.39. The van der Waals surface area contributed by atoms with Gasteiger partial charge in [0.1, 0.15) is 40.5 Å². The van der Waals surface area contributed by atoms with Crippen molar-refractivity contribution in [1.82, 2.24) is 19.9 Å². The highest BCUT2D eigenvalue weighted by Gasteiger charge is 2.23. The molecule has 1 atom stereocenters. The number of carbonyl (C=O) groups is 1. The number of nitrogens with two attached hydrogens (primary N) is 1. The van der Waals surface area contributed by atoms with Crippen LogP contribution in [0.25, 0.3) is 21.8 Å². The Balaban J connectivity index is 0.000000184. The van der Waals surface area contributed by atoms with E-state index in [0.29, 0.717) is 91.7 Å². The maximum Gasteiger partial charge on any atom is 0.150 e. The largest absolute Gasteiger partial charge is 0.506 e. The zero-order chi connectivity index (χ0) is 44.4. The molecular formula is C44H32Cl8N6O3. The van der Waals surface area contributed by atoms with Crippen molar-refractivity contribution < 1.29 is 15.0 Å². The molecule has 0 saturated carbocycles. The summed E-state index contributed by atoms with van der Waals surface area (Å²) in [5.74, 6) is 1.02. The van der Waals surface area contributed by atoms with Gasteiger partial charge in [0.25, 0.3) is 0 Å². The first kappa shape index (κ1) is 47.2. The van der Waals surface area contributed by atoms with Gasteiger partial charge in [0.15, 0.2) is 0 Å². The molecule has 0 aliphatic carbocycles. The molecule has 1 unspecified atom stereocenters. The van der Waals surface area contributed by atoms with Crippen LogP contribution < -0.4 is 11.1 Å². The van der Waals surface area contributed by atoms with E-state index in [-0.39, 0.29) is 11.5 Å². The number of phenols is 2. The zero-order valence-electron chi connectivity index (χ0n) is 31.8. The van der Waals surface area contributed by atoms with Crippen molar-refractivity contribution in [2.45, 2.75) is 19.9 Å². The molecule has 5 N–H and O–H groups in total. The van der Waals surface area contributed by atoms with Gasteiger partial charge in [0.2, 0.25) is 0 Å². The molecule has 0 aliphatic heterocycles. The Morgan fingerprint density at radius 2 is 1.13 bits per heavy atom. The Morgan fingerprint density at radius 1 is 0.607 bits per heavy atom. The fraction of sp³-hybridized carbons (Fsp3) is 0.0682. The number of aromatic hydroxyl groups is 2. The Labute approximate surface area is 391 Å². The normalized spacial score (nSPS) is 11.0. The molecule has 4 heterocycles. The number of rotatable bonds is 5. The molecule has 4 aromatic carbocycles. The second-order valence-electron chi connectivity index (χ2n) is 12.8. The summed E-state index contributed by atoms with van der Waals surface area (Å²) in [6.07, 6.45) is 4.01. The zero-order valence-corrected chi connectivity index (χ0v) is 37.9. The minimum absolute atomic E-state index is 0.0449. The fourth-order valence-electron chi connectivity index (χ4n) is 5.57. The molecular weight excluding hydrogens is 944 g/mol. The van der Waals surface area contributed by atoms with Gasteiger partial charge in [0.05, 0.1) is 37.5 Å². The monoisotopic (exact) mass is 972 g/mol. The van der Waals surface area contributed by atoms with Crippen molar-refractivity contribution in [2.75, 3.05) is 11.1 Å². The molecule has 8 aromatic rings. The number of anilines is 2. The molecule has 0 spiro atoms. The summed E-state index contributed by atoms with van der Waals surface area (Å²) in [4.78, 5) is 26.9. The second-order valence-corrected chi connectivity index (χ2v) is 16.2. The molecule has 8 rings (SSSR count). The first-order valence-electron chi connectivity index (χ1n) is 17.7. The molecule has 0 bridgehead atoms. The predicted octanol–water partition coefficient (Wildman–Crippen LogP) is 14.5. The minimum atomic E-state index is -0.557. The maximum atomic E-state index is 11.0. The van der Waals surface area contributed by atoms with Gasteiger partial charge in [0, 0.05) is 54.4 Å². The van der Waals surface area contributed by atoms with Crippen molar-refractivity contribution in [2.24, 2.45) is 0 Å². The van der Waals surface area contributed by atoms with Crippen molar-refractivity contribution in [3.63, 3.8) is 0 Å². The number of nitrogens with zero attached hydrogens (tertiary/aromatic N) is 4. The fourth-order valence-corrected chi connectivity index (χ4v) is 7.42. The summed E-state index contributed by atoms with van der Waals surface area (Å²) in [5, 5.41) is 29.1. The van der Waals surface area contributed by atoms with Gasteiger partial charge in [-0.25, -0.2) is 9.97 Å². The summed E-state index contributed by atoms with van der Waals surface area (Å²) < 4.78 is 0. The van der Waals surface area contributed by atoms with E-state index in [1.807, 2.05) is 42.5 Å². The number of hydrogen-bond acceptors (Lipinski definition) is 9. The smallest absolute Gasteiger partial charge is 0.150 e. The highest BCUT2D eigenvalue weighted by atomic mass is 35.5. The van der Waals surface area contributed by atoms with Gasteiger partial charge in [-0.3, -0.25) is 14.8 Å². The van der Waals surface area contributed by atoms with E-state index in [4.69, 9.17) is 98.5 Å². The lowest BCUT2D eigenvalue weighted by Gasteiger charge is -2.23. The molecule has 17 heteroatoms. The third-order valence-corrected chi connectivity index (χ3v) is 10.7. The van der Waals surface area contributed by atoms with Gasteiger partial charge < -0.3 is 21.3 Å². The number of fused-ring (bicyclic) bond motifs is 2. The summed E-state index contributed by atoms with van der Waals surface area (Å²) in [6.45, 7) is 3.56. The number of para-hydroxylation sites is 1. The number of nitrogens with one attached hydrogen (secondary N) is 1. The van der Waals surface area contributed by atoms with Crippen LogP contribution in [0.5, 0.6) is 11.5 Å². The number of benzene rings is 4. The number of phenolic OH excluding ortho intramolecular Hbond substituents is 2. The van der Waals surface area contributed by atoms with E-state index < -0.39 is 6.04 Å². The lowest BCUT2D eigenvalue weighted by Crippen LogP contribution is -2.14. The lowest BCUT2D eigenvalue weighted by atomic mass is 9.96. The molecule has 0 amide bonds. The Morgan fingerprint density at radius 3 is 1.70 bits per heavy atom. The van der Waals surface area contributed by atoms with Crippen LogP contribution in [0.2, 0.25) is 40.2 Å². The quantitative estimate of drug-likeness (QED) is 0.124. The number of carbonyl (C=O) groups excluding carboxylic acids is 1. The summed E-state index contributed by atoms with van der Waals surface area (Å²) in [5.41, 5.74) is 9.65. The van der Waals surface area contributed by atoms with E-state index in [1.54, 1.807) is 86.9 Å². The van der Waals surface area contributed by atoms with E-state index in [2.05, 4.69) is 25.3 Å². The predicted molar refractivity (Wildman–Crippen MR) is 253 cm³/mol. The number of halogens is 8. The highest BCUT2D eigenvalue weighted by molar-refractivity contribution is 6.37. The SMILES string of the molecule is Cc1nc(N)c(Cl)cc1Cl.Cc1nc(NC(c2cc(Cl)cc(Cl)c2)c2ccc3cccnc3c2O)c(Cl)cc1Cl.O=Cc1cc(Cl)cc(Cl)c1.Oc1cccc2cccnc12. The summed E-state index contributed by atoms with van der Waals surface area (Å²) in [6, 6.07) is 29.0. The van der Waals surface area contributed by atoms with Crippen LogP contribution in [0.4, 0.5) is 11.6 Å². The van der Waals surface area contributed by atoms with E-state index in [9.17, 15) is 15.0 Å². The van der Waals surface area contributed by atoms with Gasteiger partial charge in [-0.15, -0.1) is 0 Å². The third kappa shape index (κ3) is 12.9. The Bertz CT molecular complexity index is 2750. The molecule has 9 nitrogen and oxygen atoms in total. The minimum Gasteiger partial charge on any atom is -0.506 e. The van der Waals surface area contributed by atoms with Crippen molar-refractivity contribution >= 4 is 133 Å². The first-order chi connectivity index (χ1) is 29.0. The molecule has 0 radical (unpaired) electrons. The van der Waals surface area contributed by atoms with Gasteiger partial charge >= 0.3 is 0 Å². The standard InChI is InChI=1S/C22H15Cl4N3O.C9H7NO.C7H4Cl2O.C6H6Cl2N2/c1-11-17(25)10-18(26)22(28-11)29-19(13-7-14(23)9-15(24)8-13)16-5-4-12-3-2-6-27-20(12)21(16)30;11-8-5-1-3-7-4-2-6-10-9(7)8;8-6-1-5(4-10)2-7(9)3-6;1-3-4(7)2-5(8)6(9)10-3/h2-10,19,30H,1H3,(H,28,29);1-6,11H;1-4H;2H,1H3,(H2,9,10). The Kier molecular flexibility index (Phi) is 16.9. The summed E-state index contributed by atoms with van der Waals surface area (Å²) in [7, 11) is 0. The topological polar surface area (TPSA) is 147 Å². The number of aldehydes is 1. The number of pyridine rings is 4. The van der Waals surface area contributed by atoms with Crippen LogP contribution in [0, 0.1) is 13.8 Å². The van der Waals surface area contributed by atoms with Gasteiger partial charge in [-0.05, 0) is 86.1 Å². The van der Waals surface area contributed by atoms with E-state index in [1.165, 1.54) is 0 Å². The summed E-state index contributed by atoms with van der Waals surface area (Å²) >= 11 is 47.5.